The van der Waals surface area contributed by atoms with Crippen LogP contribution >= 0.6 is 8.25 Å². The highest BCUT2D eigenvalue weighted by molar-refractivity contribution is 7.33. The summed E-state index contributed by atoms with van der Waals surface area (Å²) in [5.41, 5.74) is 0. The summed E-state index contributed by atoms with van der Waals surface area (Å²) in [6.07, 6.45) is -10.7. The zero-order valence-corrected chi connectivity index (χ0v) is 14.2. The van der Waals surface area contributed by atoms with Gasteiger partial charge in [0.25, 0.3) is 0 Å². The van der Waals surface area contributed by atoms with E-state index in [-0.39, 0.29) is 0 Å². The zero-order chi connectivity index (χ0) is 24.6. The van der Waals surface area contributed by atoms with Gasteiger partial charge in [-0.25, -0.2) is 17.6 Å². The molecule has 0 rings (SSSR count). The Balaban J connectivity index is 5.17. The summed E-state index contributed by atoms with van der Waals surface area (Å²) >= 11 is 0. The molecule has 3 nitrogen and oxygen atoms in total. The number of hydrogen-bond donors (Lipinski definition) is 0. The highest BCUT2D eigenvalue weighted by Gasteiger charge is 2.77. The predicted molar refractivity (Wildman–Crippen MR) is 61.2 cm³/mol. The van der Waals surface area contributed by atoms with Gasteiger partial charge in [-0.3, -0.25) is 0 Å². The average Bonchev–Trinajstić information content (AvgIpc) is 2.57. The highest BCUT2D eigenvalue weighted by Crippen LogP contribution is 2.51. The first-order valence-corrected chi connectivity index (χ1v) is 7.65. The molecule has 0 saturated carbocycles. The Kier molecular flexibility index (Phi) is 8.48. The first-order chi connectivity index (χ1) is 13.0. The number of rotatable bonds is 12. The van der Waals surface area contributed by atoms with Gasteiger partial charge in [0.15, 0.2) is 13.2 Å². The maximum Gasteiger partial charge on any atom is 0.697 e. The molecule has 0 aliphatic heterocycles. The molecule has 0 N–H and O–H groups in total. The summed E-state index contributed by atoms with van der Waals surface area (Å²) in [4.78, 5) is 0. The maximum absolute atomic E-state index is 13.0. The Morgan fingerprint density at radius 3 is 1.00 bits per heavy atom. The van der Waals surface area contributed by atoms with E-state index in [2.05, 4.69) is 9.05 Å². The molecule has 0 aromatic heterocycles. The van der Waals surface area contributed by atoms with E-state index in [0.29, 0.717) is 0 Å². The van der Waals surface area contributed by atoms with Gasteiger partial charge >= 0.3 is 56.6 Å². The van der Waals surface area contributed by atoms with Gasteiger partial charge in [-0.05, 0) is 0 Å². The summed E-state index contributed by atoms with van der Waals surface area (Å²) in [5.74, 6) is -39.6. The fraction of sp³-hybridized carbons (Fsp3) is 1.00. The highest BCUT2D eigenvalue weighted by atomic mass is 31.1. The maximum atomic E-state index is 13.0. The number of hydrogen-bond acceptors (Lipinski definition) is 3. The van der Waals surface area contributed by atoms with Crippen LogP contribution in [0.5, 0.6) is 0 Å². The third kappa shape index (κ3) is 5.20. The molecule has 0 spiro atoms. The van der Waals surface area contributed by atoms with Crippen LogP contribution in [0.15, 0.2) is 0 Å². The van der Waals surface area contributed by atoms with Crippen molar-refractivity contribution in [3.8, 4) is 0 Å². The van der Waals surface area contributed by atoms with Gasteiger partial charge in [0.05, 0.1) is 0 Å². The Labute approximate surface area is 155 Å². The minimum atomic E-state index is -6.87. The van der Waals surface area contributed by atoms with Crippen molar-refractivity contribution < 1.29 is 83.9 Å². The molecular weight excluding hydrogens is 503 g/mol. The van der Waals surface area contributed by atoms with Gasteiger partial charge in [-0.1, -0.05) is 0 Å². The van der Waals surface area contributed by atoms with Crippen LogP contribution < -0.4 is 0 Å². The molecule has 180 valence electrons. The second-order valence-corrected chi connectivity index (χ2v) is 6.14. The van der Waals surface area contributed by atoms with Crippen molar-refractivity contribution in [1.29, 1.82) is 0 Å². The molecule has 0 unspecified atom stereocenters. The lowest BCUT2D eigenvalue weighted by molar-refractivity contribution is -0.344. The van der Waals surface area contributed by atoms with Gasteiger partial charge < -0.3 is 0 Å². The molecule has 20 heteroatoms. The molecule has 0 aromatic rings. The molecular formula is C10H6F16O3P+. The van der Waals surface area contributed by atoms with E-state index in [1.807, 2.05) is 0 Å². The Bertz CT molecular complexity index is 556. The van der Waals surface area contributed by atoms with Crippen LogP contribution in [0, 0.1) is 0 Å². The van der Waals surface area contributed by atoms with Crippen LogP contribution in [0.2, 0.25) is 0 Å². The standard InChI is InChI=1S/C10H6F16O3P/c11-3(12)7(19,20)9(23,24)5(15,16)1-28-30(27)29-2-6(17,18)10(25,26)8(21,22)4(13)14/h3-4H,1-2H2/q+1. The molecule has 0 atom stereocenters. The van der Waals surface area contributed by atoms with E-state index in [4.69, 9.17) is 0 Å². The molecule has 0 radical (unpaired) electrons. The fourth-order valence-corrected chi connectivity index (χ4v) is 1.86. The summed E-state index contributed by atoms with van der Waals surface area (Å²) in [6, 6.07) is 0. The van der Waals surface area contributed by atoms with Gasteiger partial charge in [-0.2, -0.15) is 52.7 Å². The summed E-state index contributed by atoms with van der Waals surface area (Å²) in [6.45, 7) is -6.38. The second kappa shape index (κ2) is 8.80. The Hall–Kier alpha value is -1.10. The first-order valence-electron chi connectivity index (χ1n) is 6.55. The van der Waals surface area contributed by atoms with Crippen molar-refractivity contribution in [2.24, 2.45) is 0 Å². The molecule has 0 fully saturated rings. The van der Waals surface area contributed by atoms with Crippen molar-refractivity contribution >= 4 is 8.25 Å². The fourth-order valence-electron chi connectivity index (χ4n) is 1.25. The second-order valence-electron chi connectivity index (χ2n) is 5.18. The van der Waals surface area contributed by atoms with Crippen molar-refractivity contribution in [2.45, 2.75) is 48.4 Å². The largest absolute Gasteiger partial charge is 0.697 e. The summed E-state index contributed by atoms with van der Waals surface area (Å²) in [5, 5.41) is 0. The normalized spacial score (nSPS) is 15.3. The van der Waals surface area contributed by atoms with Gasteiger partial charge in [-0.15, -0.1) is 9.05 Å². The van der Waals surface area contributed by atoms with Crippen LogP contribution in [-0.2, 0) is 13.6 Å². The molecule has 0 aliphatic rings. The van der Waals surface area contributed by atoms with E-state index in [9.17, 15) is 74.8 Å². The molecule has 30 heavy (non-hydrogen) atoms. The van der Waals surface area contributed by atoms with Crippen molar-refractivity contribution in [3.63, 3.8) is 0 Å². The monoisotopic (exact) mass is 509 g/mol. The molecule has 0 aromatic carbocycles. The van der Waals surface area contributed by atoms with Crippen LogP contribution in [0.1, 0.15) is 0 Å². The van der Waals surface area contributed by atoms with Crippen LogP contribution in [0.25, 0.3) is 0 Å². The molecule has 0 heterocycles. The molecule has 0 aliphatic carbocycles. The van der Waals surface area contributed by atoms with E-state index in [0.717, 1.165) is 0 Å². The van der Waals surface area contributed by atoms with Gasteiger partial charge in [0.1, 0.15) is 0 Å². The van der Waals surface area contributed by atoms with Crippen LogP contribution in [0.4, 0.5) is 70.2 Å². The lowest BCUT2D eigenvalue weighted by Gasteiger charge is -2.31. The molecule has 0 bridgehead atoms. The van der Waals surface area contributed by atoms with Crippen molar-refractivity contribution in [3.05, 3.63) is 0 Å². The van der Waals surface area contributed by atoms with Crippen LogP contribution in [-0.4, -0.2) is 61.6 Å². The third-order valence-electron chi connectivity index (χ3n) is 3.01. The number of alkyl halides is 16. The van der Waals surface area contributed by atoms with E-state index in [1.54, 1.807) is 0 Å². The smallest absolute Gasteiger partial charge is 0.203 e. The molecule has 0 amide bonds. The average molecular weight is 509 g/mol. The SMILES string of the molecule is O=[P+](OCC(F)(F)C(F)(F)C(F)(F)C(F)F)OCC(F)(F)C(F)(F)C(F)(F)C(F)F. The number of halogens is 16. The van der Waals surface area contributed by atoms with E-state index in [1.165, 1.54) is 0 Å². The molecule has 0 saturated heterocycles. The summed E-state index contributed by atoms with van der Waals surface area (Å²) < 4.78 is 218. The van der Waals surface area contributed by atoms with Crippen molar-refractivity contribution in [1.82, 2.24) is 0 Å². The predicted octanol–water partition coefficient (Wildman–Crippen LogP) is 6.02. The topological polar surface area (TPSA) is 35.5 Å². The van der Waals surface area contributed by atoms with Crippen LogP contribution in [0.3, 0.4) is 0 Å². The minimum Gasteiger partial charge on any atom is -0.203 e. The minimum absolute atomic E-state index is 3.07. The lowest BCUT2D eigenvalue weighted by Crippen LogP contribution is -2.59. The van der Waals surface area contributed by atoms with Gasteiger partial charge in [0, 0.05) is 4.57 Å². The van der Waals surface area contributed by atoms with Gasteiger partial charge in [0.2, 0.25) is 0 Å². The van der Waals surface area contributed by atoms with E-state index >= 15 is 0 Å². The Morgan fingerprint density at radius 2 is 0.800 bits per heavy atom. The zero-order valence-electron chi connectivity index (χ0n) is 13.3. The Morgan fingerprint density at radius 1 is 0.567 bits per heavy atom. The van der Waals surface area contributed by atoms with E-state index < -0.39 is 69.9 Å². The summed E-state index contributed by atoms with van der Waals surface area (Å²) in [7, 11) is -4.65. The third-order valence-corrected chi connectivity index (χ3v) is 3.69. The van der Waals surface area contributed by atoms with Crippen molar-refractivity contribution in [2.75, 3.05) is 13.2 Å². The first kappa shape index (κ1) is 28.9. The quantitative estimate of drug-likeness (QED) is 0.239. The lowest BCUT2D eigenvalue weighted by atomic mass is 10.1.